The summed E-state index contributed by atoms with van der Waals surface area (Å²) in [5.41, 5.74) is 6.88. The molecule has 0 saturated heterocycles. The number of hydrogen-bond donors (Lipinski definition) is 3. The highest BCUT2D eigenvalue weighted by molar-refractivity contribution is 5.88. The summed E-state index contributed by atoms with van der Waals surface area (Å²) in [6, 6.07) is 9.66. The summed E-state index contributed by atoms with van der Waals surface area (Å²) < 4.78 is 0. The molecule has 0 heterocycles. The Morgan fingerprint density at radius 2 is 2.00 bits per heavy atom. The zero-order valence-electron chi connectivity index (χ0n) is 16.1. The fraction of sp³-hybridized carbons (Fsp3) is 0.545. The summed E-state index contributed by atoms with van der Waals surface area (Å²) in [4.78, 5) is 24.3. The average molecular weight is 370 g/mol. The highest BCUT2D eigenvalue weighted by atomic mass is 16.2. The summed E-state index contributed by atoms with van der Waals surface area (Å²) >= 11 is 0. The van der Waals surface area contributed by atoms with Crippen LogP contribution in [0.15, 0.2) is 42.5 Å². The topological polar surface area (TPSA) is 84.2 Å². The van der Waals surface area contributed by atoms with Crippen molar-refractivity contribution in [1.82, 2.24) is 10.6 Å². The molecule has 0 aliphatic heterocycles. The van der Waals surface area contributed by atoms with Crippen molar-refractivity contribution in [3.05, 3.63) is 48.0 Å². The molecule has 2 fully saturated rings. The van der Waals surface area contributed by atoms with Crippen LogP contribution in [0.3, 0.4) is 0 Å². The van der Waals surface area contributed by atoms with Crippen molar-refractivity contribution >= 4 is 11.8 Å². The second kappa shape index (κ2) is 9.18. The number of carbonyl (C=O) groups is 2. The van der Waals surface area contributed by atoms with Crippen LogP contribution < -0.4 is 16.4 Å². The highest BCUT2D eigenvalue weighted by Gasteiger charge is 2.39. The number of rotatable bonds is 8. The highest BCUT2D eigenvalue weighted by Crippen LogP contribution is 2.44. The molecule has 2 aliphatic carbocycles. The first-order chi connectivity index (χ1) is 13.0. The van der Waals surface area contributed by atoms with Gasteiger partial charge >= 0.3 is 0 Å². The number of amides is 2. The molecule has 2 amide bonds. The largest absolute Gasteiger partial charge is 0.350 e. The molecular weight excluding hydrogens is 338 g/mol. The van der Waals surface area contributed by atoms with Crippen LogP contribution >= 0.6 is 0 Å². The van der Waals surface area contributed by atoms with E-state index in [1.165, 1.54) is 24.8 Å². The average Bonchev–Trinajstić information content (AvgIpc) is 3.27. The van der Waals surface area contributed by atoms with Gasteiger partial charge in [-0.15, -0.1) is 0 Å². The quantitative estimate of drug-likeness (QED) is 0.615. The van der Waals surface area contributed by atoms with E-state index in [-0.39, 0.29) is 17.9 Å². The van der Waals surface area contributed by atoms with Crippen molar-refractivity contribution < 1.29 is 9.59 Å². The lowest BCUT2D eigenvalue weighted by molar-refractivity contribution is -0.122. The Morgan fingerprint density at radius 1 is 1.22 bits per heavy atom. The van der Waals surface area contributed by atoms with Crippen LogP contribution in [0.5, 0.6) is 0 Å². The maximum Gasteiger partial charge on any atom is 0.243 e. The fourth-order valence-corrected chi connectivity index (χ4v) is 4.35. The lowest BCUT2D eigenvalue weighted by atomic mass is 9.95. The Bertz CT molecular complexity index is 671. The van der Waals surface area contributed by atoms with E-state index in [1.54, 1.807) is 19.1 Å². The van der Waals surface area contributed by atoms with E-state index in [4.69, 9.17) is 5.73 Å². The third-order valence-corrected chi connectivity index (χ3v) is 5.87. The molecule has 0 radical (unpaired) electrons. The van der Waals surface area contributed by atoms with Gasteiger partial charge in [0.15, 0.2) is 0 Å². The van der Waals surface area contributed by atoms with E-state index < -0.39 is 6.04 Å². The molecule has 1 unspecified atom stereocenters. The Kier molecular flexibility index (Phi) is 6.67. The van der Waals surface area contributed by atoms with Gasteiger partial charge in [-0.25, -0.2) is 0 Å². The number of carbonyl (C=O) groups excluding carboxylic acids is 2. The maximum atomic E-state index is 12.3. The lowest BCUT2D eigenvalue weighted by Gasteiger charge is -2.22. The Hall–Kier alpha value is -2.14. The minimum atomic E-state index is -0.569. The molecule has 2 aliphatic rings. The first-order valence-corrected chi connectivity index (χ1v) is 10.1. The second-order valence-corrected chi connectivity index (χ2v) is 8.08. The molecule has 4 N–H and O–H groups in total. The van der Waals surface area contributed by atoms with Crippen LogP contribution in [0.25, 0.3) is 0 Å². The zero-order chi connectivity index (χ0) is 19.2. The normalized spacial score (nSPS) is 26.1. The molecule has 146 valence electrons. The van der Waals surface area contributed by atoms with Crippen molar-refractivity contribution in [2.45, 2.75) is 63.6 Å². The lowest BCUT2D eigenvalue weighted by Crippen LogP contribution is -2.43. The van der Waals surface area contributed by atoms with Crippen molar-refractivity contribution in [3.63, 3.8) is 0 Å². The van der Waals surface area contributed by atoms with Gasteiger partial charge < -0.3 is 16.4 Å². The molecule has 2 bridgehead atoms. The van der Waals surface area contributed by atoms with Crippen LogP contribution in [-0.4, -0.2) is 29.9 Å². The van der Waals surface area contributed by atoms with Gasteiger partial charge in [-0.2, -0.15) is 0 Å². The summed E-state index contributed by atoms with van der Waals surface area (Å²) in [7, 11) is 0. The van der Waals surface area contributed by atoms with Crippen molar-refractivity contribution in [2.75, 3.05) is 0 Å². The minimum absolute atomic E-state index is 0.0627. The van der Waals surface area contributed by atoms with Gasteiger partial charge in [0, 0.05) is 18.2 Å². The van der Waals surface area contributed by atoms with Gasteiger partial charge in [-0.05, 0) is 56.4 Å². The van der Waals surface area contributed by atoms with Crippen molar-refractivity contribution in [2.24, 2.45) is 17.6 Å². The van der Waals surface area contributed by atoms with E-state index >= 15 is 0 Å². The maximum absolute atomic E-state index is 12.3. The van der Waals surface area contributed by atoms with Gasteiger partial charge in [0.1, 0.15) is 0 Å². The van der Waals surface area contributed by atoms with Gasteiger partial charge in [0.05, 0.1) is 6.04 Å². The summed E-state index contributed by atoms with van der Waals surface area (Å²) in [6.45, 7) is 1.66. The van der Waals surface area contributed by atoms with Crippen LogP contribution in [0.1, 0.15) is 44.6 Å². The molecule has 27 heavy (non-hydrogen) atoms. The molecule has 1 aromatic rings. The standard InChI is InChI=1S/C22H31N3O2/c1-15(23)22(27)24-19(10-8-16-5-3-2-4-6-16)11-12-21(26)25-20-14-17-7-9-18(20)13-17/h2-6,11-12,15,17-20H,7-10,13-14,23H2,1H3,(H,24,27)(H,25,26)/t15-,17-,18+,19-,20?/m0/s1. The molecule has 0 spiro atoms. The van der Waals surface area contributed by atoms with E-state index in [1.807, 2.05) is 18.2 Å². The fourth-order valence-electron chi connectivity index (χ4n) is 4.35. The van der Waals surface area contributed by atoms with Gasteiger partial charge in [-0.3, -0.25) is 9.59 Å². The van der Waals surface area contributed by atoms with Crippen LogP contribution in [0, 0.1) is 11.8 Å². The Morgan fingerprint density at radius 3 is 2.63 bits per heavy atom. The van der Waals surface area contributed by atoms with Gasteiger partial charge in [0.2, 0.25) is 11.8 Å². The molecule has 3 rings (SSSR count). The van der Waals surface area contributed by atoms with Gasteiger partial charge in [-0.1, -0.05) is 42.8 Å². The minimum Gasteiger partial charge on any atom is -0.350 e. The molecule has 1 aromatic carbocycles. The molecule has 5 heteroatoms. The number of benzene rings is 1. The summed E-state index contributed by atoms with van der Waals surface area (Å²) in [6.07, 6.45) is 9.85. The third-order valence-electron chi connectivity index (χ3n) is 5.87. The first kappa shape index (κ1) is 19.6. The molecule has 2 saturated carbocycles. The molecule has 0 aromatic heterocycles. The van der Waals surface area contributed by atoms with Crippen LogP contribution in [-0.2, 0) is 16.0 Å². The number of fused-ring (bicyclic) bond motifs is 2. The Labute approximate surface area is 161 Å². The summed E-state index contributed by atoms with van der Waals surface area (Å²) in [5, 5.41) is 6.08. The van der Waals surface area contributed by atoms with Crippen molar-refractivity contribution in [3.8, 4) is 0 Å². The van der Waals surface area contributed by atoms with Crippen LogP contribution in [0.2, 0.25) is 0 Å². The predicted molar refractivity (Wildman–Crippen MR) is 107 cm³/mol. The van der Waals surface area contributed by atoms with Gasteiger partial charge in [0.25, 0.3) is 0 Å². The van der Waals surface area contributed by atoms with Crippen LogP contribution in [0.4, 0.5) is 0 Å². The first-order valence-electron chi connectivity index (χ1n) is 10.1. The van der Waals surface area contributed by atoms with E-state index in [2.05, 4.69) is 22.8 Å². The summed E-state index contributed by atoms with van der Waals surface area (Å²) in [5.74, 6) is 1.19. The second-order valence-electron chi connectivity index (χ2n) is 8.08. The monoisotopic (exact) mass is 369 g/mol. The molecular formula is C22H31N3O2. The van der Waals surface area contributed by atoms with E-state index in [9.17, 15) is 9.59 Å². The SMILES string of the molecule is C[C@H](N)C(=O)N[C@H](C=CC(=O)NC1C[C@H]2CC[C@@H]1C2)CCc1ccccc1. The predicted octanol–water partition coefficient (Wildman–Crippen LogP) is 2.31. The van der Waals surface area contributed by atoms with E-state index in [0.717, 1.165) is 25.2 Å². The number of aryl methyl sites for hydroxylation is 1. The zero-order valence-corrected chi connectivity index (χ0v) is 16.1. The Balaban J connectivity index is 1.54. The number of hydrogen-bond acceptors (Lipinski definition) is 3. The number of nitrogens with one attached hydrogen (secondary N) is 2. The smallest absolute Gasteiger partial charge is 0.243 e. The number of nitrogens with two attached hydrogens (primary N) is 1. The third kappa shape index (κ3) is 5.67. The van der Waals surface area contributed by atoms with Crippen molar-refractivity contribution in [1.29, 1.82) is 0 Å². The molecule has 5 nitrogen and oxygen atoms in total. The van der Waals surface area contributed by atoms with E-state index in [0.29, 0.717) is 12.0 Å². The molecule has 5 atom stereocenters.